The molecule has 0 fully saturated rings. The fourth-order valence-electron chi connectivity index (χ4n) is 3.75. The highest BCUT2D eigenvalue weighted by molar-refractivity contribution is 6.08. The van der Waals surface area contributed by atoms with Crippen LogP contribution in [-0.2, 0) is 12.8 Å². The van der Waals surface area contributed by atoms with Gasteiger partial charge in [0.05, 0.1) is 11.0 Å². The van der Waals surface area contributed by atoms with E-state index in [1.807, 2.05) is 0 Å². The van der Waals surface area contributed by atoms with Gasteiger partial charge in [0, 0.05) is 22.0 Å². The van der Waals surface area contributed by atoms with Crippen molar-refractivity contribution in [3.8, 4) is 0 Å². The first-order valence-electron chi connectivity index (χ1n) is 10.7. The maximum absolute atomic E-state index is 6.25. The molecule has 3 N–H and O–H groups in total. The first-order chi connectivity index (χ1) is 13.3. The SMILES string of the molecule is CCCc1cc2c(N)nc3cc(CCCCCN(C)C(C)(C)C)ccc3c2[nH]1. The number of benzene rings is 1. The Morgan fingerprint density at radius 2 is 1.82 bits per heavy atom. The van der Waals surface area contributed by atoms with E-state index in [2.05, 4.69) is 73.9 Å². The fraction of sp³-hybridized carbons (Fsp3) is 0.542. The van der Waals surface area contributed by atoms with Crippen molar-refractivity contribution in [3.63, 3.8) is 0 Å². The lowest BCUT2D eigenvalue weighted by molar-refractivity contribution is 0.172. The monoisotopic (exact) mass is 380 g/mol. The summed E-state index contributed by atoms with van der Waals surface area (Å²) in [5.74, 6) is 0.628. The molecule has 4 nitrogen and oxygen atoms in total. The molecule has 3 aromatic rings. The molecule has 3 rings (SSSR count). The Morgan fingerprint density at radius 3 is 2.54 bits per heavy atom. The molecule has 28 heavy (non-hydrogen) atoms. The van der Waals surface area contributed by atoms with E-state index in [4.69, 9.17) is 5.73 Å². The molecule has 0 aliphatic rings. The molecule has 4 heteroatoms. The van der Waals surface area contributed by atoms with Crippen LogP contribution in [-0.4, -0.2) is 34.0 Å². The number of nitrogen functional groups attached to an aromatic ring is 1. The zero-order chi connectivity index (χ0) is 20.3. The summed E-state index contributed by atoms with van der Waals surface area (Å²) in [7, 11) is 2.21. The Balaban J connectivity index is 1.66. The van der Waals surface area contributed by atoms with Crippen LogP contribution in [0.2, 0.25) is 0 Å². The molecule has 1 aromatic carbocycles. The Bertz CT molecular complexity index is 933. The number of hydrogen-bond donors (Lipinski definition) is 2. The number of hydrogen-bond acceptors (Lipinski definition) is 3. The van der Waals surface area contributed by atoms with Gasteiger partial charge < -0.3 is 15.6 Å². The second-order valence-corrected chi connectivity index (χ2v) is 9.08. The largest absolute Gasteiger partial charge is 0.383 e. The van der Waals surface area contributed by atoms with E-state index < -0.39 is 0 Å². The highest BCUT2D eigenvalue weighted by Gasteiger charge is 2.15. The smallest absolute Gasteiger partial charge is 0.133 e. The van der Waals surface area contributed by atoms with E-state index >= 15 is 0 Å². The van der Waals surface area contributed by atoms with Crippen molar-refractivity contribution in [2.24, 2.45) is 0 Å². The third-order valence-electron chi connectivity index (χ3n) is 5.85. The summed E-state index contributed by atoms with van der Waals surface area (Å²) in [6, 6.07) is 8.83. The molecule has 0 atom stereocenters. The molecule has 0 saturated carbocycles. The molecule has 2 heterocycles. The van der Waals surface area contributed by atoms with Gasteiger partial charge in [-0.2, -0.15) is 0 Å². The minimum absolute atomic E-state index is 0.254. The Labute approximate surface area is 169 Å². The van der Waals surface area contributed by atoms with Crippen molar-refractivity contribution < 1.29 is 0 Å². The van der Waals surface area contributed by atoms with Crippen LogP contribution >= 0.6 is 0 Å². The van der Waals surface area contributed by atoms with Crippen molar-refractivity contribution in [3.05, 3.63) is 35.5 Å². The standard InChI is InChI=1S/C24H36N4/c1-6-10-18-16-20-22(26-18)19-13-12-17(15-21(19)27-23(20)25)11-8-7-9-14-28(5)24(2,3)4/h12-13,15-16,26H,6-11,14H2,1-5H3,(H2,25,27). The average molecular weight is 381 g/mol. The maximum atomic E-state index is 6.25. The molecule has 0 aliphatic heterocycles. The predicted octanol–water partition coefficient (Wildman–Crippen LogP) is 5.69. The number of nitrogens with one attached hydrogen (secondary N) is 1. The van der Waals surface area contributed by atoms with Gasteiger partial charge in [0.25, 0.3) is 0 Å². The maximum Gasteiger partial charge on any atom is 0.133 e. The summed E-state index contributed by atoms with van der Waals surface area (Å²) in [5, 5.41) is 2.22. The number of nitrogens with two attached hydrogens (primary N) is 1. The molecule has 0 bridgehead atoms. The first kappa shape index (κ1) is 20.7. The number of anilines is 1. The molecular weight excluding hydrogens is 344 g/mol. The zero-order valence-corrected chi connectivity index (χ0v) is 18.2. The highest BCUT2D eigenvalue weighted by atomic mass is 15.1. The van der Waals surface area contributed by atoms with Crippen molar-refractivity contribution in [1.29, 1.82) is 0 Å². The molecule has 0 radical (unpaired) electrons. The van der Waals surface area contributed by atoms with Crippen LogP contribution < -0.4 is 5.73 Å². The molecule has 0 spiro atoms. The summed E-state index contributed by atoms with van der Waals surface area (Å²) < 4.78 is 0. The van der Waals surface area contributed by atoms with Crippen LogP contribution in [0.4, 0.5) is 5.82 Å². The first-order valence-corrected chi connectivity index (χ1v) is 10.7. The highest BCUT2D eigenvalue weighted by Crippen LogP contribution is 2.29. The second kappa shape index (κ2) is 8.52. The zero-order valence-electron chi connectivity index (χ0n) is 18.2. The van der Waals surface area contributed by atoms with Crippen molar-refractivity contribution >= 4 is 27.6 Å². The van der Waals surface area contributed by atoms with Gasteiger partial charge >= 0.3 is 0 Å². The van der Waals surface area contributed by atoms with Gasteiger partial charge in [-0.05, 0) is 77.7 Å². The number of H-pyrrole nitrogens is 1. The number of aryl methyl sites for hydroxylation is 2. The van der Waals surface area contributed by atoms with Crippen LogP contribution in [0.5, 0.6) is 0 Å². The number of aromatic amines is 1. The molecular formula is C24H36N4. The lowest BCUT2D eigenvalue weighted by atomic mass is 10.0. The van der Waals surface area contributed by atoms with Gasteiger partial charge in [0.2, 0.25) is 0 Å². The predicted molar refractivity (Wildman–Crippen MR) is 122 cm³/mol. The number of unbranched alkanes of at least 4 members (excludes halogenated alkanes) is 2. The normalized spacial score (nSPS) is 12.5. The van der Waals surface area contributed by atoms with Gasteiger partial charge in [-0.3, -0.25) is 0 Å². The van der Waals surface area contributed by atoms with Crippen LogP contribution in [0.25, 0.3) is 21.8 Å². The van der Waals surface area contributed by atoms with Gasteiger partial charge in [0.15, 0.2) is 0 Å². The lowest BCUT2D eigenvalue weighted by Gasteiger charge is -2.31. The number of fused-ring (bicyclic) bond motifs is 3. The number of aromatic nitrogens is 2. The third kappa shape index (κ3) is 4.67. The average Bonchev–Trinajstić information content (AvgIpc) is 3.05. The van der Waals surface area contributed by atoms with E-state index in [1.54, 1.807) is 0 Å². The van der Waals surface area contributed by atoms with Crippen LogP contribution in [0.3, 0.4) is 0 Å². The van der Waals surface area contributed by atoms with Gasteiger partial charge in [-0.1, -0.05) is 31.9 Å². The Hall–Kier alpha value is -2.07. The van der Waals surface area contributed by atoms with E-state index in [-0.39, 0.29) is 5.54 Å². The number of nitrogens with zero attached hydrogens (tertiary/aromatic N) is 2. The molecule has 0 unspecified atom stereocenters. The minimum Gasteiger partial charge on any atom is -0.383 e. The summed E-state index contributed by atoms with van der Waals surface area (Å²) in [6.07, 6.45) is 6.97. The summed E-state index contributed by atoms with van der Waals surface area (Å²) in [4.78, 5) is 10.7. The molecule has 0 saturated heterocycles. The fourth-order valence-corrected chi connectivity index (χ4v) is 3.75. The van der Waals surface area contributed by atoms with E-state index in [1.165, 1.54) is 35.9 Å². The summed E-state index contributed by atoms with van der Waals surface area (Å²) in [6.45, 7) is 10.2. The molecule has 0 amide bonds. The molecule has 0 aliphatic carbocycles. The Kier molecular flexibility index (Phi) is 6.29. The topological polar surface area (TPSA) is 57.9 Å². The number of rotatable bonds is 8. The van der Waals surface area contributed by atoms with Crippen LogP contribution in [0.15, 0.2) is 24.3 Å². The molecule has 152 valence electrons. The van der Waals surface area contributed by atoms with Crippen molar-refractivity contribution in [2.45, 2.75) is 71.8 Å². The van der Waals surface area contributed by atoms with Crippen molar-refractivity contribution in [1.82, 2.24) is 14.9 Å². The quantitative estimate of drug-likeness (QED) is 0.493. The minimum atomic E-state index is 0.254. The summed E-state index contributed by atoms with van der Waals surface area (Å²) in [5.41, 5.74) is 11.2. The van der Waals surface area contributed by atoms with Gasteiger partial charge in [-0.15, -0.1) is 0 Å². The third-order valence-corrected chi connectivity index (χ3v) is 5.85. The van der Waals surface area contributed by atoms with Crippen LogP contribution in [0.1, 0.15) is 64.6 Å². The van der Waals surface area contributed by atoms with E-state index in [0.717, 1.165) is 42.2 Å². The lowest BCUT2D eigenvalue weighted by Crippen LogP contribution is -2.38. The van der Waals surface area contributed by atoms with Gasteiger partial charge in [0.1, 0.15) is 5.82 Å². The Morgan fingerprint density at radius 1 is 1.04 bits per heavy atom. The number of pyridine rings is 1. The van der Waals surface area contributed by atoms with E-state index in [9.17, 15) is 0 Å². The second-order valence-electron chi connectivity index (χ2n) is 9.08. The molecule has 2 aromatic heterocycles. The van der Waals surface area contributed by atoms with Crippen LogP contribution in [0, 0.1) is 0 Å². The summed E-state index contributed by atoms with van der Waals surface area (Å²) >= 11 is 0. The van der Waals surface area contributed by atoms with E-state index in [0.29, 0.717) is 5.82 Å². The van der Waals surface area contributed by atoms with Gasteiger partial charge in [-0.25, -0.2) is 4.98 Å². The van der Waals surface area contributed by atoms with Crippen molar-refractivity contribution in [2.75, 3.05) is 19.3 Å².